The van der Waals surface area contributed by atoms with Crippen molar-refractivity contribution in [1.29, 1.82) is 0 Å². The molecule has 0 spiro atoms. The second-order valence-electron chi connectivity index (χ2n) is 5.61. The molecule has 21 heavy (non-hydrogen) atoms. The first-order valence-electron chi connectivity index (χ1n) is 7.53. The van der Waals surface area contributed by atoms with Crippen molar-refractivity contribution in [2.75, 3.05) is 13.7 Å². The second kappa shape index (κ2) is 8.42. The van der Waals surface area contributed by atoms with Crippen LogP contribution in [0.3, 0.4) is 0 Å². The first kappa shape index (κ1) is 16.3. The maximum absolute atomic E-state index is 9.67. The predicted octanol–water partition coefficient (Wildman–Crippen LogP) is 3.55. The van der Waals surface area contributed by atoms with Crippen LogP contribution in [0, 0.1) is 0 Å². The summed E-state index contributed by atoms with van der Waals surface area (Å²) in [6, 6.07) is 8.69. The van der Waals surface area contributed by atoms with Gasteiger partial charge in [0.2, 0.25) is 0 Å². The van der Waals surface area contributed by atoms with Gasteiger partial charge in [0.15, 0.2) is 0 Å². The molecule has 0 radical (unpaired) electrons. The van der Waals surface area contributed by atoms with Gasteiger partial charge in [-0.1, -0.05) is 29.8 Å². The van der Waals surface area contributed by atoms with Crippen molar-refractivity contribution in [2.24, 2.45) is 0 Å². The Balaban J connectivity index is 2.04. The summed E-state index contributed by atoms with van der Waals surface area (Å²) in [5.41, 5.74) is 2.82. The molecule has 2 rings (SSSR count). The maximum Gasteiger partial charge on any atom is 0.119 e. The molecule has 0 atom stereocenters. The Labute approximate surface area is 132 Å². The van der Waals surface area contributed by atoms with Gasteiger partial charge in [-0.25, -0.2) is 0 Å². The van der Waals surface area contributed by atoms with Gasteiger partial charge in [0.05, 0.1) is 13.2 Å². The van der Waals surface area contributed by atoms with E-state index in [1.807, 2.05) is 18.2 Å². The highest BCUT2D eigenvalue weighted by atomic mass is 35.5. The van der Waals surface area contributed by atoms with E-state index in [9.17, 15) is 5.11 Å². The average Bonchev–Trinajstić information content (AvgIpc) is 2.52. The van der Waals surface area contributed by atoms with E-state index >= 15 is 0 Å². The van der Waals surface area contributed by atoms with Crippen LogP contribution in [0.15, 0.2) is 35.9 Å². The first-order valence-corrected chi connectivity index (χ1v) is 7.97. The molecule has 1 N–H and O–H groups in total. The summed E-state index contributed by atoms with van der Waals surface area (Å²) in [4.78, 5) is 2.43. The van der Waals surface area contributed by atoms with Crippen molar-refractivity contribution >= 4 is 11.6 Å². The number of aliphatic hydroxyl groups is 1. The van der Waals surface area contributed by atoms with Gasteiger partial charge in [0.25, 0.3) is 0 Å². The molecule has 1 aromatic rings. The van der Waals surface area contributed by atoms with Gasteiger partial charge in [-0.05, 0) is 43.4 Å². The average molecular weight is 310 g/mol. The summed E-state index contributed by atoms with van der Waals surface area (Å²) in [5.74, 6) is 0.888. The van der Waals surface area contributed by atoms with Gasteiger partial charge in [0.1, 0.15) is 5.75 Å². The molecule has 0 aromatic heterocycles. The zero-order valence-electron chi connectivity index (χ0n) is 12.5. The zero-order valence-corrected chi connectivity index (χ0v) is 13.3. The minimum atomic E-state index is -0.122. The van der Waals surface area contributed by atoms with E-state index in [0.717, 1.165) is 44.5 Å². The summed E-state index contributed by atoms with van der Waals surface area (Å²) in [6.07, 6.45) is 5.73. The monoisotopic (exact) mass is 309 g/mol. The molecule has 1 aliphatic carbocycles. The molecular formula is C17H24ClNO2. The fourth-order valence-corrected chi connectivity index (χ4v) is 3.03. The Bertz CT molecular complexity index is 456. The van der Waals surface area contributed by atoms with Crippen LogP contribution in [0.25, 0.3) is 0 Å². The Hall–Kier alpha value is -1.03. The number of hydrogen-bond donors (Lipinski definition) is 1. The molecule has 116 valence electrons. The molecule has 0 bridgehead atoms. The van der Waals surface area contributed by atoms with E-state index in [4.69, 9.17) is 16.3 Å². The Morgan fingerprint density at radius 2 is 2.10 bits per heavy atom. The summed E-state index contributed by atoms with van der Waals surface area (Å²) in [6.45, 7) is 1.71. The minimum Gasteiger partial charge on any atom is -0.497 e. The standard InChI is InChI=1S/C17H24ClNO2/c1-21-17-5-2-4-14(12-17)13-19(11-3-10-18)15-6-8-16(20)9-7-15/h2-5,10,12,15-16,20H,6-9,11,13H2,1H3. The van der Waals surface area contributed by atoms with Crippen molar-refractivity contribution in [1.82, 2.24) is 4.90 Å². The largest absolute Gasteiger partial charge is 0.497 e. The zero-order chi connectivity index (χ0) is 15.1. The highest BCUT2D eigenvalue weighted by Gasteiger charge is 2.24. The van der Waals surface area contributed by atoms with Crippen LogP contribution in [-0.2, 0) is 6.54 Å². The molecule has 0 unspecified atom stereocenters. The number of nitrogens with zero attached hydrogens (tertiary/aromatic N) is 1. The van der Waals surface area contributed by atoms with E-state index in [1.165, 1.54) is 5.56 Å². The van der Waals surface area contributed by atoms with Crippen molar-refractivity contribution in [2.45, 2.75) is 44.4 Å². The van der Waals surface area contributed by atoms with Gasteiger partial charge in [-0.2, -0.15) is 0 Å². The van der Waals surface area contributed by atoms with Gasteiger partial charge in [-0.15, -0.1) is 0 Å². The third-order valence-corrected chi connectivity index (χ3v) is 4.31. The number of rotatable bonds is 6. The normalized spacial score (nSPS) is 22.9. The SMILES string of the molecule is COc1cccc(CN(CC=CCl)C2CCC(O)CC2)c1. The van der Waals surface area contributed by atoms with Crippen LogP contribution < -0.4 is 4.74 Å². The van der Waals surface area contributed by atoms with E-state index in [1.54, 1.807) is 12.6 Å². The van der Waals surface area contributed by atoms with E-state index in [2.05, 4.69) is 17.0 Å². The molecule has 0 heterocycles. The fraction of sp³-hybridized carbons (Fsp3) is 0.529. The highest BCUT2D eigenvalue weighted by Crippen LogP contribution is 2.25. The number of aliphatic hydroxyl groups excluding tert-OH is 1. The molecule has 3 nitrogen and oxygen atoms in total. The van der Waals surface area contributed by atoms with Gasteiger partial charge in [-0.3, -0.25) is 4.90 Å². The number of halogens is 1. The van der Waals surface area contributed by atoms with Crippen LogP contribution in [0.1, 0.15) is 31.2 Å². The third-order valence-electron chi connectivity index (χ3n) is 4.13. The lowest BCUT2D eigenvalue weighted by molar-refractivity contribution is 0.0756. The Morgan fingerprint density at radius 1 is 1.33 bits per heavy atom. The summed E-state index contributed by atoms with van der Waals surface area (Å²) in [7, 11) is 1.69. The Morgan fingerprint density at radius 3 is 2.76 bits per heavy atom. The molecular weight excluding hydrogens is 286 g/mol. The van der Waals surface area contributed by atoms with Crippen LogP contribution in [0.5, 0.6) is 5.75 Å². The molecule has 0 amide bonds. The highest BCUT2D eigenvalue weighted by molar-refractivity contribution is 6.25. The number of methoxy groups -OCH3 is 1. The number of benzene rings is 1. The van der Waals surface area contributed by atoms with Crippen LogP contribution in [-0.4, -0.2) is 35.8 Å². The van der Waals surface area contributed by atoms with Crippen LogP contribution in [0.2, 0.25) is 0 Å². The van der Waals surface area contributed by atoms with Gasteiger partial charge < -0.3 is 9.84 Å². The fourth-order valence-electron chi connectivity index (χ4n) is 2.95. The lowest BCUT2D eigenvalue weighted by Crippen LogP contribution is -2.38. The summed E-state index contributed by atoms with van der Waals surface area (Å²) < 4.78 is 5.29. The van der Waals surface area contributed by atoms with Crippen molar-refractivity contribution < 1.29 is 9.84 Å². The lowest BCUT2D eigenvalue weighted by Gasteiger charge is -2.35. The summed E-state index contributed by atoms with van der Waals surface area (Å²) >= 11 is 5.69. The molecule has 1 fully saturated rings. The van der Waals surface area contributed by atoms with E-state index in [0.29, 0.717) is 6.04 Å². The quantitative estimate of drug-likeness (QED) is 0.872. The maximum atomic E-state index is 9.67. The molecule has 1 aromatic carbocycles. The van der Waals surface area contributed by atoms with Gasteiger partial charge in [0, 0.05) is 24.7 Å². The molecule has 0 aliphatic heterocycles. The summed E-state index contributed by atoms with van der Waals surface area (Å²) in [5, 5.41) is 9.67. The minimum absolute atomic E-state index is 0.122. The molecule has 0 saturated heterocycles. The topological polar surface area (TPSA) is 32.7 Å². The first-order chi connectivity index (χ1) is 10.2. The predicted molar refractivity (Wildman–Crippen MR) is 86.7 cm³/mol. The van der Waals surface area contributed by atoms with E-state index in [-0.39, 0.29) is 6.10 Å². The molecule has 1 aliphatic rings. The number of ether oxygens (including phenoxy) is 1. The third kappa shape index (κ3) is 5.03. The lowest BCUT2D eigenvalue weighted by atomic mass is 9.91. The van der Waals surface area contributed by atoms with Crippen molar-refractivity contribution in [3.05, 3.63) is 41.4 Å². The molecule has 1 saturated carbocycles. The van der Waals surface area contributed by atoms with Crippen molar-refractivity contribution in [3.63, 3.8) is 0 Å². The Kier molecular flexibility index (Phi) is 6.55. The number of hydrogen-bond acceptors (Lipinski definition) is 3. The van der Waals surface area contributed by atoms with Gasteiger partial charge >= 0.3 is 0 Å². The van der Waals surface area contributed by atoms with Crippen LogP contribution >= 0.6 is 11.6 Å². The second-order valence-corrected chi connectivity index (χ2v) is 5.86. The van der Waals surface area contributed by atoms with Crippen molar-refractivity contribution in [3.8, 4) is 5.75 Å². The smallest absolute Gasteiger partial charge is 0.119 e. The van der Waals surface area contributed by atoms with E-state index < -0.39 is 0 Å². The molecule has 4 heteroatoms. The van der Waals surface area contributed by atoms with Crippen LogP contribution in [0.4, 0.5) is 0 Å².